The molecule has 6 heteroatoms. The normalized spacial score (nSPS) is 11.7. The van der Waals surface area contributed by atoms with Crippen molar-refractivity contribution in [2.24, 2.45) is 5.14 Å². The topological polar surface area (TPSA) is 60.2 Å². The molecule has 0 radical (unpaired) electrons. The van der Waals surface area contributed by atoms with Crippen molar-refractivity contribution >= 4 is 21.6 Å². The van der Waals surface area contributed by atoms with E-state index in [1.54, 1.807) is 6.92 Å². The number of sulfonamides is 1. The first kappa shape index (κ1) is 10.4. The van der Waals surface area contributed by atoms with Gasteiger partial charge in [-0.05, 0) is 24.6 Å². The predicted octanol–water partition coefficient (Wildman–Crippen LogP) is 1.43. The molecule has 1 rings (SSSR count). The molecule has 0 saturated carbocycles. The van der Waals surface area contributed by atoms with E-state index in [0.717, 1.165) is 6.07 Å². The van der Waals surface area contributed by atoms with Crippen molar-refractivity contribution in [1.82, 2.24) is 0 Å². The standard InChI is InChI=1S/C7H7ClFNO2S/c1-4-2-5(8)7(9)6(3-4)13(10,11)12/h2-3H,1H3,(H2,10,11,12). The number of hydrogen-bond acceptors (Lipinski definition) is 2. The fourth-order valence-electron chi connectivity index (χ4n) is 0.900. The fourth-order valence-corrected chi connectivity index (χ4v) is 1.94. The molecule has 0 atom stereocenters. The van der Waals surface area contributed by atoms with Gasteiger partial charge in [-0.2, -0.15) is 0 Å². The first-order valence-corrected chi connectivity index (χ1v) is 5.23. The first-order valence-electron chi connectivity index (χ1n) is 3.31. The summed E-state index contributed by atoms with van der Waals surface area (Å²) in [6.45, 7) is 1.60. The summed E-state index contributed by atoms with van der Waals surface area (Å²) < 4.78 is 34.8. The molecule has 0 amide bonds. The Kier molecular flexibility index (Phi) is 2.61. The van der Waals surface area contributed by atoms with Crippen LogP contribution in [0, 0.1) is 12.7 Å². The zero-order chi connectivity index (χ0) is 10.2. The highest BCUT2D eigenvalue weighted by molar-refractivity contribution is 7.89. The average Bonchev–Trinajstić information content (AvgIpc) is 1.94. The van der Waals surface area contributed by atoms with Crippen molar-refractivity contribution in [3.63, 3.8) is 0 Å². The molecule has 0 aromatic heterocycles. The molecule has 0 aliphatic rings. The van der Waals surface area contributed by atoms with Crippen LogP contribution in [0.15, 0.2) is 17.0 Å². The second kappa shape index (κ2) is 3.25. The quantitative estimate of drug-likeness (QED) is 0.783. The SMILES string of the molecule is Cc1cc(Cl)c(F)c(S(N)(=O)=O)c1. The lowest BCUT2D eigenvalue weighted by Crippen LogP contribution is -2.14. The van der Waals surface area contributed by atoms with E-state index < -0.39 is 20.7 Å². The lowest BCUT2D eigenvalue weighted by Gasteiger charge is -2.03. The van der Waals surface area contributed by atoms with Gasteiger partial charge in [0.25, 0.3) is 0 Å². The van der Waals surface area contributed by atoms with Gasteiger partial charge >= 0.3 is 0 Å². The maximum absolute atomic E-state index is 13.1. The number of halogens is 2. The van der Waals surface area contributed by atoms with Gasteiger partial charge in [0.1, 0.15) is 4.90 Å². The third-order valence-corrected chi connectivity index (χ3v) is 2.63. The van der Waals surface area contributed by atoms with Crippen LogP contribution in [0.1, 0.15) is 5.56 Å². The Morgan fingerprint density at radius 3 is 2.46 bits per heavy atom. The minimum absolute atomic E-state index is 0.246. The second-order valence-corrected chi connectivity index (χ2v) is 4.54. The van der Waals surface area contributed by atoms with Gasteiger partial charge in [0.15, 0.2) is 5.82 Å². The molecule has 0 aliphatic heterocycles. The molecule has 0 fully saturated rings. The van der Waals surface area contributed by atoms with E-state index in [1.807, 2.05) is 0 Å². The number of primary sulfonamides is 1. The molecule has 72 valence electrons. The zero-order valence-corrected chi connectivity index (χ0v) is 8.29. The number of nitrogens with two attached hydrogens (primary N) is 1. The molecule has 0 spiro atoms. The molecule has 0 saturated heterocycles. The van der Waals surface area contributed by atoms with Gasteiger partial charge in [-0.15, -0.1) is 0 Å². The van der Waals surface area contributed by atoms with E-state index in [9.17, 15) is 12.8 Å². The maximum Gasteiger partial charge on any atom is 0.241 e. The largest absolute Gasteiger partial charge is 0.241 e. The van der Waals surface area contributed by atoms with Crippen LogP contribution >= 0.6 is 11.6 Å². The second-order valence-electron chi connectivity index (χ2n) is 2.60. The highest BCUT2D eigenvalue weighted by Crippen LogP contribution is 2.22. The third-order valence-electron chi connectivity index (χ3n) is 1.45. The van der Waals surface area contributed by atoms with Crippen molar-refractivity contribution < 1.29 is 12.8 Å². The summed E-state index contributed by atoms with van der Waals surface area (Å²) in [5.74, 6) is -1.00. The molecule has 2 N–H and O–H groups in total. The van der Waals surface area contributed by atoms with E-state index in [0.29, 0.717) is 5.56 Å². The molecule has 13 heavy (non-hydrogen) atoms. The Bertz CT molecular complexity index is 444. The highest BCUT2D eigenvalue weighted by Gasteiger charge is 2.17. The average molecular weight is 224 g/mol. The van der Waals surface area contributed by atoms with Crippen molar-refractivity contribution in [3.8, 4) is 0 Å². The molecular formula is C7H7ClFNO2S. The summed E-state index contributed by atoms with van der Waals surface area (Å²) in [5.41, 5.74) is 0.537. The van der Waals surface area contributed by atoms with Gasteiger partial charge in [0, 0.05) is 0 Å². The molecule has 0 bridgehead atoms. The summed E-state index contributed by atoms with van der Waals surface area (Å²) in [6.07, 6.45) is 0. The summed E-state index contributed by atoms with van der Waals surface area (Å²) >= 11 is 5.43. The number of aryl methyl sites for hydroxylation is 1. The van der Waals surface area contributed by atoms with E-state index in [4.69, 9.17) is 16.7 Å². The van der Waals surface area contributed by atoms with Crippen LogP contribution in [0.2, 0.25) is 5.02 Å². The van der Waals surface area contributed by atoms with Crippen molar-refractivity contribution in [3.05, 3.63) is 28.5 Å². The minimum atomic E-state index is -4.04. The minimum Gasteiger partial charge on any atom is -0.225 e. The first-order chi connectivity index (χ1) is 5.82. The van der Waals surface area contributed by atoms with Gasteiger partial charge < -0.3 is 0 Å². The van der Waals surface area contributed by atoms with Gasteiger partial charge in [-0.1, -0.05) is 11.6 Å². The lowest BCUT2D eigenvalue weighted by molar-refractivity contribution is 0.568. The Balaban J connectivity index is 3.56. The molecule has 1 aromatic rings. The van der Waals surface area contributed by atoms with Crippen LogP contribution in [0.25, 0.3) is 0 Å². The lowest BCUT2D eigenvalue weighted by atomic mass is 10.2. The van der Waals surface area contributed by atoms with Crippen LogP contribution in [0.4, 0.5) is 4.39 Å². The van der Waals surface area contributed by atoms with Gasteiger partial charge in [-0.3, -0.25) is 0 Å². The van der Waals surface area contributed by atoms with Crippen molar-refractivity contribution in [2.45, 2.75) is 11.8 Å². The fraction of sp³-hybridized carbons (Fsp3) is 0.143. The third kappa shape index (κ3) is 2.18. The summed E-state index contributed by atoms with van der Waals surface area (Å²) in [4.78, 5) is -0.572. The molecule has 1 aromatic carbocycles. The Labute approximate surface area is 80.4 Å². The molecule has 0 aliphatic carbocycles. The number of rotatable bonds is 1. The van der Waals surface area contributed by atoms with Crippen molar-refractivity contribution in [2.75, 3.05) is 0 Å². The number of hydrogen-bond donors (Lipinski definition) is 1. The van der Waals surface area contributed by atoms with Crippen LogP contribution < -0.4 is 5.14 Å². The maximum atomic E-state index is 13.1. The molecular weight excluding hydrogens is 217 g/mol. The molecule has 3 nitrogen and oxygen atoms in total. The predicted molar refractivity (Wildman–Crippen MR) is 47.5 cm³/mol. The summed E-state index contributed by atoms with van der Waals surface area (Å²) in [6, 6.07) is 2.46. The van der Waals surface area contributed by atoms with E-state index in [2.05, 4.69) is 0 Å². The van der Waals surface area contributed by atoms with Crippen LogP contribution in [-0.2, 0) is 10.0 Å². The number of benzene rings is 1. The molecule has 0 unspecified atom stereocenters. The zero-order valence-electron chi connectivity index (χ0n) is 6.71. The summed E-state index contributed by atoms with van der Waals surface area (Å²) in [7, 11) is -4.04. The smallest absolute Gasteiger partial charge is 0.225 e. The van der Waals surface area contributed by atoms with Gasteiger partial charge in [-0.25, -0.2) is 17.9 Å². The van der Waals surface area contributed by atoms with Gasteiger partial charge in [0.2, 0.25) is 10.0 Å². The van der Waals surface area contributed by atoms with E-state index in [1.165, 1.54) is 6.07 Å². The van der Waals surface area contributed by atoms with E-state index in [-0.39, 0.29) is 5.02 Å². The van der Waals surface area contributed by atoms with Gasteiger partial charge in [0.05, 0.1) is 5.02 Å². The van der Waals surface area contributed by atoms with Crippen molar-refractivity contribution in [1.29, 1.82) is 0 Å². The molecule has 0 heterocycles. The van der Waals surface area contributed by atoms with Crippen LogP contribution in [0.3, 0.4) is 0 Å². The monoisotopic (exact) mass is 223 g/mol. The van der Waals surface area contributed by atoms with E-state index >= 15 is 0 Å². The highest BCUT2D eigenvalue weighted by atomic mass is 35.5. The Hall–Kier alpha value is -0.650. The summed E-state index contributed by atoms with van der Waals surface area (Å²) in [5, 5.41) is 4.52. The Morgan fingerprint density at radius 1 is 1.46 bits per heavy atom. The van der Waals surface area contributed by atoms with Crippen LogP contribution in [0.5, 0.6) is 0 Å². The Morgan fingerprint density at radius 2 is 2.00 bits per heavy atom. The van der Waals surface area contributed by atoms with Crippen LogP contribution in [-0.4, -0.2) is 8.42 Å².